The van der Waals surface area contributed by atoms with E-state index in [-0.39, 0.29) is 0 Å². The molecule has 2 unspecified atom stereocenters. The average molecular weight is 293 g/mol. The number of rotatable bonds is 6. The van der Waals surface area contributed by atoms with Crippen molar-refractivity contribution in [3.63, 3.8) is 0 Å². The van der Waals surface area contributed by atoms with Crippen LogP contribution in [0.2, 0.25) is 0 Å². The van der Waals surface area contributed by atoms with Crippen molar-refractivity contribution in [2.24, 2.45) is 23.2 Å². The van der Waals surface area contributed by atoms with E-state index in [0.717, 1.165) is 31.0 Å². The molecule has 0 aromatic heterocycles. The molecule has 122 valence electrons. The molecule has 2 rings (SSSR count). The molecule has 0 radical (unpaired) electrons. The van der Waals surface area contributed by atoms with Gasteiger partial charge in [0.1, 0.15) is 0 Å². The van der Waals surface area contributed by atoms with Crippen molar-refractivity contribution in [2.45, 2.75) is 79.6 Å². The van der Waals surface area contributed by atoms with Gasteiger partial charge >= 0.3 is 0 Å². The molecule has 0 aromatic carbocycles. The zero-order chi connectivity index (χ0) is 15.5. The predicted molar refractivity (Wildman–Crippen MR) is 91.4 cm³/mol. The lowest BCUT2D eigenvalue weighted by atomic mass is 9.63. The van der Waals surface area contributed by atoms with Crippen LogP contribution in [0.4, 0.5) is 0 Å². The van der Waals surface area contributed by atoms with Gasteiger partial charge in [-0.25, -0.2) is 0 Å². The highest BCUT2D eigenvalue weighted by Gasteiger charge is 2.36. The van der Waals surface area contributed by atoms with Gasteiger partial charge in [0.15, 0.2) is 0 Å². The summed E-state index contributed by atoms with van der Waals surface area (Å²) in [6.45, 7) is 13.9. The van der Waals surface area contributed by atoms with E-state index in [4.69, 9.17) is 4.74 Å². The molecule has 0 fully saturated rings. The molecule has 21 heavy (non-hydrogen) atoms. The third kappa shape index (κ3) is 4.58. The van der Waals surface area contributed by atoms with Gasteiger partial charge in [-0.3, -0.25) is 0 Å². The molecule has 0 saturated heterocycles. The monoisotopic (exact) mass is 292 g/mol. The zero-order valence-corrected chi connectivity index (χ0v) is 15.0. The lowest BCUT2D eigenvalue weighted by molar-refractivity contribution is 0.0682. The maximum atomic E-state index is 6.02. The number of ether oxygens (including phenoxy) is 1. The standard InChI is InChI=1S/C20H36O/c1-15(2)8-7-11-21-14-18-13-19-17(12-16(18)3)9-6-10-20(19,4)5/h15-16,18H,6-14H2,1-5H3. The summed E-state index contributed by atoms with van der Waals surface area (Å²) in [5.41, 5.74) is 4.04. The van der Waals surface area contributed by atoms with Crippen LogP contribution in [-0.2, 0) is 4.74 Å². The summed E-state index contributed by atoms with van der Waals surface area (Å²) >= 11 is 0. The van der Waals surface area contributed by atoms with E-state index in [1.165, 1.54) is 44.9 Å². The molecule has 1 nitrogen and oxygen atoms in total. The van der Waals surface area contributed by atoms with Crippen molar-refractivity contribution in [3.8, 4) is 0 Å². The summed E-state index contributed by atoms with van der Waals surface area (Å²) in [5.74, 6) is 2.36. The summed E-state index contributed by atoms with van der Waals surface area (Å²) in [6, 6.07) is 0. The van der Waals surface area contributed by atoms with E-state index >= 15 is 0 Å². The minimum absolute atomic E-state index is 0.448. The van der Waals surface area contributed by atoms with E-state index < -0.39 is 0 Å². The third-order valence-corrected chi connectivity index (χ3v) is 5.77. The van der Waals surface area contributed by atoms with Crippen molar-refractivity contribution < 1.29 is 4.74 Å². The Morgan fingerprint density at radius 2 is 2.00 bits per heavy atom. The van der Waals surface area contributed by atoms with Crippen LogP contribution in [0.5, 0.6) is 0 Å². The third-order valence-electron chi connectivity index (χ3n) is 5.77. The molecular weight excluding hydrogens is 256 g/mol. The minimum Gasteiger partial charge on any atom is -0.381 e. The number of hydrogen-bond acceptors (Lipinski definition) is 1. The normalized spacial score (nSPS) is 28.9. The van der Waals surface area contributed by atoms with Crippen molar-refractivity contribution in [2.75, 3.05) is 13.2 Å². The highest BCUT2D eigenvalue weighted by molar-refractivity contribution is 5.27. The topological polar surface area (TPSA) is 9.23 Å². The van der Waals surface area contributed by atoms with Gasteiger partial charge in [0, 0.05) is 13.2 Å². The van der Waals surface area contributed by atoms with E-state index in [9.17, 15) is 0 Å². The molecule has 0 bridgehead atoms. The van der Waals surface area contributed by atoms with Gasteiger partial charge in [-0.2, -0.15) is 0 Å². The molecule has 2 aliphatic carbocycles. The molecule has 0 aliphatic heterocycles. The Morgan fingerprint density at radius 3 is 2.71 bits per heavy atom. The Balaban J connectivity index is 1.84. The first kappa shape index (κ1) is 17.1. The first-order valence-electron chi connectivity index (χ1n) is 9.19. The first-order valence-corrected chi connectivity index (χ1v) is 9.19. The quantitative estimate of drug-likeness (QED) is 0.431. The Bertz CT molecular complexity index is 364. The first-order chi connectivity index (χ1) is 9.90. The van der Waals surface area contributed by atoms with Crippen molar-refractivity contribution >= 4 is 0 Å². The van der Waals surface area contributed by atoms with E-state index in [1.807, 2.05) is 0 Å². The average Bonchev–Trinajstić information content (AvgIpc) is 2.38. The second-order valence-electron chi connectivity index (χ2n) is 8.58. The molecule has 0 N–H and O–H groups in total. The molecule has 0 aromatic rings. The van der Waals surface area contributed by atoms with Crippen LogP contribution >= 0.6 is 0 Å². The van der Waals surface area contributed by atoms with E-state index in [0.29, 0.717) is 5.41 Å². The van der Waals surface area contributed by atoms with E-state index in [2.05, 4.69) is 34.6 Å². The number of allylic oxidation sites excluding steroid dienone is 2. The van der Waals surface area contributed by atoms with Crippen molar-refractivity contribution in [1.82, 2.24) is 0 Å². The molecule has 2 atom stereocenters. The second kappa shape index (κ2) is 7.31. The highest BCUT2D eigenvalue weighted by Crippen LogP contribution is 2.49. The predicted octanol–water partition coefficient (Wildman–Crippen LogP) is 5.99. The van der Waals surface area contributed by atoms with Crippen molar-refractivity contribution in [1.29, 1.82) is 0 Å². The van der Waals surface area contributed by atoms with Gasteiger partial charge < -0.3 is 4.74 Å². The largest absolute Gasteiger partial charge is 0.381 e. The van der Waals surface area contributed by atoms with Crippen LogP contribution in [0.3, 0.4) is 0 Å². The van der Waals surface area contributed by atoms with Gasteiger partial charge in [0.05, 0.1) is 0 Å². The van der Waals surface area contributed by atoms with Gasteiger partial charge in [0.2, 0.25) is 0 Å². The minimum atomic E-state index is 0.448. The summed E-state index contributed by atoms with van der Waals surface area (Å²) in [5, 5.41) is 0. The summed E-state index contributed by atoms with van der Waals surface area (Å²) in [4.78, 5) is 0. The highest BCUT2D eigenvalue weighted by atomic mass is 16.5. The fourth-order valence-corrected chi connectivity index (χ4v) is 4.24. The second-order valence-corrected chi connectivity index (χ2v) is 8.58. The molecule has 2 aliphatic rings. The fraction of sp³-hybridized carbons (Fsp3) is 0.900. The molecule has 0 saturated carbocycles. The summed E-state index contributed by atoms with van der Waals surface area (Å²) < 4.78 is 6.02. The Kier molecular flexibility index (Phi) is 5.94. The zero-order valence-electron chi connectivity index (χ0n) is 15.0. The van der Waals surface area contributed by atoms with Crippen LogP contribution in [0.1, 0.15) is 79.6 Å². The number of hydrogen-bond donors (Lipinski definition) is 0. The lowest BCUT2D eigenvalue weighted by Crippen LogP contribution is -2.31. The molecular formula is C20H36O. The SMILES string of the molecule is CC(C)CCCOCC1CC2=C(CCCC2(C)C)CC1C. The van der Waals surface area contributed by atoms with Gasteiger partial charge in [-0.05, 0) is 68.1 Å². The Labute approximate surface area is 132 Å². The summed E-state index contributed by atoms with van der Waals surface area (Å²) in [6.07, 6.45) is 9.29. The Hall–Kier alpha value is -0.300. The summed E-state index contributed by atoms with van der Waals surface area (Å²) in [7, 11) is 0. The molecule has 0 spiro atoms. The molecule has 1 heteroatoms. The maximum absolute atomic E-state index is 6.02. The molecule has 0 amide bonds. The molecule has 0 heterocycles. The van der Waals surface area contributed by atoms with Gasteiger partial charge in [0.25, 0.3) is 0 Å². The van der Waals surface area contributed by atoms with Crippen LogP contribution < -0.4 is 0 Å². The van der Waals surface area contributed by atoms with Crippen LogP contribution in [0, 0.1) is 23.2 Å². The Morgan fingerprint density at radius 1 is 1.24 bits per heavy atom. The maximum Gasteiger partial charge on any atom is 0.0499 e. The van der Waals surface area contributed by atoms with Crippen LogP contribution in [0.25, 0.3) is 0 Å². The van der Waals surface area contributed by atoms with Crippen molar-refractivity contribution in [3.05, 3.63) is 11.1 Å². The van der Waals surface area contributed by atoms with Crippen LogP contribution in [0.15, 0.2) is 11.1 Å². The fourth-order valence-electron chi connectivity index (χ4n) is 4.24. The van der Waals surface area contributed by atoms with Gasteiger partial charge in [-0.15, -0.1) is 0 Å². The lowest BCUT2D eigenvalue weighted by Gasteiger charge is -2.43. The van der Waals surface area contributed by atoms with E-state index in [1.54, 1.807) is 11.1 Å². The smallest absolute Gasteiger partial charge is 0.0499 e. The van der Waals surface area contributed by atoms with Gasteiger partial charge in [-0.1, -0.05) is 45.8 Å². The van der Waals surface area contributed by atoms with Crippen LogP contribution in [-0.4, -0.2) is 13.2 Å².